The van der Waals surface area contributed by atoms with Crippen LogP contribution in [0.25, 0.3) is 0 Å². The van der Waals surface area contributed by atoms with Gasteiger partial charge < -0.3 is 10.0 Å². The Labute approximate surface area is 87.9 Å². The minimum atomic E-state index is -0.0161. The van der Waals surface area contributed by atoms with Gasteiger partial charge in [-0.3, -0.25) is 4.79 Å². The van der Waals surface area contributed by atoms with Crippen molar-refractivity contribution in [1.29, 1.82) is 0 Å². The molecule has 1 rings (SSSR count). The van der Waals surface area contributed by atoms with Crippen LogP contribution in [0, 0.1) is 0 Å². The third-order valence-electron chi connectivity index (χ3n) is 1.88. The van der Waals surface area contributed by atoms with Gasteiger partial charge in [0, 0.05) is 19.1 Å². The topological polar surface area (TPSA) is 40.5 Å². The van der Waals surface area contributed by atoms with Crippen molar-refractivity contribution < 1.29 is 9.90 Å². The summed E-state index contributed by atoms with van der Waals surface area (Å²) in [5.41, 5.74) is 0.725. The molecule has 0 atom stereocenters. The van der Waals surface area contributed by atoms with Gasteiger partial charge in [0.05, 0.1) is 6.42 Å². The Kier molecular flexibility index (Phi) is 3.36. The molecule has 1 aromatic rings. The van der Waals surface area contributed by atoms with Crippen LogP contribution in [0.2, 0.25) is 5.02 Å². The SMILES string of the molecule is CN(C)C(=O)Cc1ccc(O)cc1Cl. The average molecular weight is 214 g/mol. The Morgan fingerprint density at radius 3 is 2.64 bits per heavy atom. The summed E-state index contributed by atoms with van der Waals surface area (Å²) in [6.07, 6.45) is 0.256. The number of carbonyl (C=O) groups is 1. The van der Waals surface area contributed by atoms with Gasteiger partial charge in [-0.05, 0) is 17.7 Å². The second-order valence-corrected chi connectivity index (χ2v) is 3.65. The highest BCUT2D eigenvalue weighted by atomic mass is 35.5. The summed E-state index contributed by atoms with van der Waals surface area (Å²) in [4.78, 5) is 12.9. The number of halogens is 1. The highest BCUT2D eigenvalue weighted by Gasteiger charge is 2.08. The van der Waals surface area contributed by atoms with Gasteiger partial charge in [-0.15, -0.1) is 0 Å². The molecule has 14 heavy (non-hydrogen) atoms. The lowest BCUT2D eigenvalue weighted by Crippen LogP contribution is -2.23. The van der Waals surface area contributed by atoms with Crippen LogP contribution in [0.4, 0.5) is 0 Å². The highest BCUT2D eigenvalue weighted by Crippen LogP contribution is 2.22. The maximum Gasteiger partial charge on any atom is 0.226 e. The molecule has 0 fully saturated rings. The predicted molar refractivity (Wildman–Crippen MR) is 55.5 cm³/mol. The lowest BCUT2D eigenvalue weighted by molar-refractivity contribution is -0.127. The number of benzene rings is 1. The minimum Gasteiger partial charge on any atom is -0.508 e. The average Bonchev–Trinajstić information content (AvgIpc) is 2.09. The van der Waals surface area contributed by atoms with E-state index in [0.29, 0.717) is 5.02 Å². The van der Waals surface area contributed by atoms with Gasteiger partial charge in [0.2, 0.25) is 5.91 Å². The molecule has 3 nitrogen and oxygen atoms in total. The highest BCUT2D eigenvalue weighted by molar-refractivity contribution is 6.31. The molecule has 4 heteroatoms. The van der Waals surface area contributed by atoms with E-state index in [4.69, 9.17) is 16.7 Å². The van der Waals surface area contributed by atoms with E-state index in [1.54, 1.807) is 20.2 Å². The first-order valence-electron chi connectivity index (χ1n) is 4.18. The van der Waals surface area contributed by atoms with Gasteiger partial charge in [-0.1, -0.05) is 17.7 Å². The Morgan fingerprint density at radius 1 is 1.50 bits per heavy atom. The van der Waals surface area contributed by atoms with Crippen molar-refractivity contribution in [2.24, 2.45) is 0 Å². The maximum atomic E-state index is 11.4. The molecule has 0 heterocycles. The van der Waals surface area contributed by atoms with Gasteiger partial charge in [0.25, 0.3) is 0 Å². The van der Waals surface area contributed by atoms with Gasteiger partial charge in [-0.25, -0.2) is 0 Å². The van der Waals surface area contributed by atoms with Crippen LogP contribution >= 0.6 is 11.6 Å². The monoisotopic (exact) mass is 213 g/mol. The number of aromatic hydroxyl groups is 1. The maximum absolute atomic E-state index is 11.4. The fraction of sp³-hybridized carbons (Fsp3) is 0.300. The number of nitrogens with zero attached hydrogens (tertiary/aromatic N) is 1. The zero-order chi connectivity index (χ0) is 10.7. The van der Waals surface area contributed by atoms with Crippen LogP contribution < -0.4 is 0 Å². The second kappa shape index (κ2) is 4.33. The lowest BCUT2D eigenvalue weighted by Gasteiger charge is -2.10. The molecule has 1 amide bonds. The number of hydrogen-bond acceptors (Lipinski definition) is 2. The van der Waals surface area contributed by atoms with E-state index in [1.165, 1.54) is 17.0 Å². The van der Waals surface area contributed by atoms with Crippen molar-refractivity contribution in [3.05, 3.63) is 28.8 Å². The van der Waals surface area contributed by atoms with E-state index < -0.39 is 0 Å². The number of hydrogen-bond donors (Lipinski definition) is 1. The Balaban J connectivity index is 2.82. The normalized spacial score (nSPS) is 9.93. The van der Waals surface area contributed by atoms with Crippen molar-refractivity contribution in [2.45, 2.75) is 6.42 Å². The van der Waals surface area contributed by atoms with Crippen molar-refractivity contribution in [3.63, 3.8) is 0 Å². The summed E-state index contributed by atoms with van der Waals surface area (Å²) < 4.78 is 0. The van der Waals surface area contributed by atoms with Gasteiger partial charge in [-0.2, -0.15) is 0 Å². The van der Waals surface area contributed by atoms with E-state index in [0.717, 1.165) is 5.56 Å². The number of rotatable bonds is 2. The standard InChI is InChI=1S/C10H12ClNO2/c1-12(2)10(14)5-7-3-4-8(13)6-9(7)11/h3-4,6,13H,5H2,1-2H3. The number of carbonyl (C=O) groups excluding carboxylic acids is 1. The number of phenols is 1. The third-order valence-corrected chi connectivity index (χ3v) is 2.23. The van der Waals surface area contributed by atoms with Crippen molar-refractivity contribution in [1.82, 2.24) is 4.90 Å². The van der Waals surface area contributed by atoms with E-state index in [9.17, 15) is 4.79 Å². The van der Waals surface area contributed by atoms with E-state index in [1.807, 2.05) is 0 Å². The second-order valence-electron chi connectivity index (χ2n) is 3.24. The molecule has 76 valence electrons. The summed E-state index contributed by atoms with van der Waals surface area (Å²) in [7, 11) is 3.38. The molecule has 1 N–H and O–H groups in total. The van der Waals surface area contributed by atoms with Crippen molar-refractivity contribution in [2.75, 3.05) is 14.1 Å². The molecule has 0 saturated carbocycles. The van der Waals surface area contributed by atoms with Crippen molar-refractivity contribution >= 4 is 17.5 Å². The fourth-order valence-electron chi connectivity index (χ4n) is 1.00. The lowest BCUT2D eigenvalue weighted by atomic mass is 10.1. The number of phenolic OH excluding ortho intramolecular Hbond substituents is 1. The summed E-state index contributed by atoms with van der Waals surface area (Å²) in [5.74, 6) is 0.0913. The number of amides is 1. The number of likely N-dealkylation sites (N-methyl/N-ethyl adjacent to an activating group) is 1. The zero-order valence-electron chi connectivity index (χ0n) is 8.12. The third kappa shape index (κ3) is 2.64. The van der Waals surface area contributed by atoms with Crippen LogP contribution in [0.3, 0.4) is 0 Å². The van der Waals surface area contributed by atoms with Crippen LogP contribution in [0.1, 0.15) is 5.56 Å². The Morgan fingerprint density at radius 2 is 2.14 bits per heavy atom. The molecule has 0 aliphatic carbocycles. The van der Waals surface area contributed by atoms with Gasteiger partial charge in [0.15, 0.2) is 0 Å². The summed E-state index contributed by atoms with van der Waals surface area (Å²) >= 11 is 5.85. The van der Waals surface area contributed by atoms with E-state index in [2.05, 4.69) is 0 Å². The Bertz CT molecular complexity index is 350. The molecule has 0 saturated heterocycles. The first-order valence-corrected chi connectivity index (χ1v) is 4.56. The summed E-state index contributed by atoms with van der Waals surface area (Å²) in [6, 6.07) is 4.60. The van der Waals surface area contributed by atoms with Crippen LogP contribution in [-0.2, 0) is 11.2 Å². The Hall–Kier alpha value is -1.22. The molecule has 0 radical (unpaired) electrons. The fourth-order valence-corrected chi connectivity index (χ4v) is 1.24. The molecule has 0 aromatic heterocycles. The molecule has 0 bridgehead atoms. The molecule has 0 aliphatic heterocycles. The smallest absolute Gasteiger partial charge is 0.226 e. The van der Waals surface area contributed by atoms with Crippen LogP contribution in [0.15, 0.2) is 18.2 Å². The first-order chi connectivity index (χ1) is 6.50. The largest absolute Gasteiger partial charge is 0.508 e. The van der Waals surface area contributed by atoms with E-state index >= 15 is 0 Å². The molecule has 0 unspecified atom stereocenters. The van der Waals surface area contributed by atoms with Gasteiger partial charge in [0.1, 0.15) is 5.75 Å². The first kappa shape index (κ1) is 10.9. The van der Waals surface area contributed by atoms with Gasteiger partial charge >= 0.3 is 0 Å². The molecule has 0 spiro atoms. The molecular weight excluding hydrogens is 202 g/mol. The molecule has 1 aromatic carbocycles. The summed E-state index contributed by atoms with van der Waals surface area (Å²) in [5, 5.41) is 9.52. The van der Waals surface area contributed by atoms with Crippen molar-refractivity contribution in [3.8, 4) is 5.75 Å². The quantitative estimate of drug-likeness (QED) is 0.812. The van der Waals surface area contributed by atoms with Crippen LogP contribution in [0.5, 0.6) is 5.75 Å². The zero-order valence-corrected chi connectivity index (χ0v) is 8.88. The molecular formula is C10H12ClNO2. The molecule has 0 aliphatic rings. The minimum absolute atomic E-state index is 0.0161. The predicted octanol–water partition coefficient (Wildman–Crippen LogP) is 1.68. The van der Waals surface area contributed by atoms with Crippen LogP contribution in [-0.4, -0.2) is 30.0 Å². The summed E-state index contributed by atoms with van der Waals surface area (Å²) in [6.45, 7) is 0. The van der Waals surface area contributed by atoms with E-state index in [-0.39, 0.29) is 18.1 Å².